The van der Waals surface area contributed by atoms with Gasteiger partial charge in [0.25, 0.3) is 0 Å². The van der Waals surface area contributed by atoms with Gasteiger partial charge in [0, 0.05) is 12.8 Å². The molecule has 0 saturated heterocycles. The Morgan fingerprint density at radius 3 is 2.18 bits per heavy atom. The van der Waals surface area contributed by atoms with E-state index in [9.17, 15) is 4.79 Å². The number of ether oxygens (including phenoxy) is 5. The summed E-state index contributed by atoms with van der Waals surface area (Å²) in [6, 6.07) is 17.7. The van der Waals surface area contributed by atoms with E-state index in [1.165, 1.54) is 0 Å². The summed E-state index contributed by atoms with van der Waals surface area (Å²) in [4.78, 5) is 13.4. The van der Waals surface area contributed by atoms with Gasteiger partial charge in [0.05, 0.1) is 44.6 Å². The number of methoxy groups -OCH3 is 1. The minimum absolute atomic E-state index is 0.110. The molecule has 3 atom stereocenters. The van der Waals surface area contributed by atoms with Crippen molar-refractivity contribution in [2.24, 2.45) is 5.41 Å². The summed E-state index contributed by atoms with van der Waals surface area (Å²) < 4.78 is 35.8. The molecule has 0 fully saturated rings. The molecule has 0 spiro atoms. The van der Waals surface area contributed by atoms with E-state index >= 15 is 0 Å². The lowest BCUT2D eigenvalue weighted by atomic mass is 9.93. The SMILES string of the molecule is C=CC[C@H](C[C@@H](OCc1ccc(OC)cc1)[C@@H](C)OCOCc1ccccc1)OC(=O)C(C)(C)/C=C/CO[Si](C)(C)C(C)(C)C. The summed E-state index contributed by atoms with van der Waals surface area (Å²) in [6.07, 6.45) is 5.34. The van der Waals surface area contributed by atoms with E-state index in [1.807, 2.05) is 87.5 Å². The van der Waals surface area contributed by atoms with E-state index < -0.39 is 19.8 Å². The van der Waals surface area contributed by atoms with Gasteiger partial charge in [-0.15, -0.1) is 6.58 Å². The lowest BCUT2D eigenvalue weighted by Crippen LogP contribution is -2.40. The molecule has 0 radical (unpaired) electrons. The van der Waals surface area contributed by atoms with Gasteiger partial charge < -0.3 is 28.1 Å². The maximum absolute atomic E-state index is 13.4. The van der Waals surface area contributed by atoms with Crippen molar-refractivity contribution in [1.82, 2.24) is 0 Å². The Bertz CT molecular complexity index is 1170. The summed E-state index contributed by atoms with van der Waals surface area (Å²) in [7, 11) is -0.241. The highest BCUT2D eigenvalue weighted by Crippen LogP contribution is 2.36. The van der Waals surface area contributed by atoms with Crippen molar-refractivity contribution >= 4 is 14.3 Å². The number of carbonyl (C=O) groups excluding carboxylic acids is 1. The Hall–Kier alpha value is -2.75. The predicted octanol–water partition coefficient (Wildman–Crippen LogP) is 8.64. The van der Waals surface area contributed by atoms with Crippen LogP contribution in [0.5, 0.6) is 5.75 Å². The molecule has 0 unspecified atom stereocenters. The van der Waals surface area contributed by atoms with Gasteiger partial charge in [-0.05, 0) is 62.2 Å². The van der Waals surface area contributed by atoms with Crippen LogP contribution < -0.4 is 4.74 Å². The van der Waals surface area contributed by atoms with Crippen molar-refractivity contribution in [3.8, 4) is 5.75 Å². The molecular weight excluding hydrogens is 584 g/mol. The van der Waals surface area contributed by atoms with Crippen LogP contribution in [0.15, 0.2) is 79.4 Å². The molecule has 2 aromatic carbocycles. The van der Waals surface area contributed by atoms with Gasteiger partial charge >= 0.3 is 5.97 Å². The van der Waals surface area contributed by atoms with Crippen molar-refractivity contribution in [1.29, 1.82) is 0 Å². The molecule has 0 heterocycles. The van der Waals surface area contributed by atoms with Gasteiger partial charge in [-0.1, -0.05) is 81.5 Å². The van der Waals surface area contributed by atoms with E-state index in [-0.39, 0.29) is 30.0 Å². The number of esters is 1. The first kappa shape index (κ1) is 38.4. The van der Waals surface area contributed by atoms with E-state index in [1.54, 1.807) is 13.2 Å². The molecule has 0 N–H and O–H groups in total. The van der Waals surface area contributed by atoms with Crippen molar-refractivity contribution in [2.45, 2.75) is 104 Å². The number of benzene rings is 2. The van der Waals surface area contributed by atoms with Crippen LogP contribution in [0.25, 0.3) is 0 Å². The van der Waals surface area contributed by atoms with Crippen LogP contribution in [0.3, 0.4) is 0 Å². The molecule has 0 amide bonds. The maximum Gasteiger partial charge on any atom is 0.315 e. The van der Waals surface area contributed by atoms with E-state index in [4.69, 9.17) is 28.1 Å². The Balaban J connectivity index is 2.06. The lowest BCUT2D eigenvalue weighted by molar-refractivity contribution is -0.166. The first-order valence-electron chi connectivity index (χ1n) is 15.8. The zero-order valence-corrected chi connectivity index (χ0v) is 30.0. The third-order valence-electron chi connectivity index (χ3n) is 8.28. The fourth-order valence-electron chi connectivity index (χ4n) is 4.14. The van der Waals surface area contributed by atoms with Crippen molar-refractivity contribution in [2.75, 3.05) is 20.5 Å². The van der Waals surface area contributed by atoms with Crippen molar-refractivity contribution < 1.29 is 32.9 Å². The zero-order valence-electron chi connectivity index (χ0n) is 29.0. The predicted molar refractivity (Wildman–Crippen MR) is 184 cm³/mol. The minimum atomic E-state index is -1.88. The quantitative estimate of drug-likeness (QED) is 0.0472. The molecule has 0 aliphatic heterocycles. The molecule has 45 heavy (non-hydrogen) atoms. The number of carbonyl (C=O) groups is 1. The van der Waals surface area contributed by atoms with Crippen molar-refractivity contribution in [3.05, 3.63) is 90.5 Å². The average Bonchev–Trinajstić information content (AvgIpc) is 2.99. The average molecular weight is 641 g/mol. The highest BCUT2D eigenvalue weighted by molar-refractivity contribution is 6.74. The summed E-state index contributed by atoms with van der Waals surface area (Å²) in [5.41, 5.74) is 1.24. The normalized spacial score (nSPS) is 14.6. The first-order valence-corrected chi connectivity index (χ1v) is 18.7. The van der Waals surface area contributed by atoms with Crippen molar-refractivity contribution in [3.63, 3.8) is 0 Å². The second-order valence-electron chi connectivity index (χ2n) is 13.5. The molecule has 0 aliphatic carbocycles. The van der Waals surface area contributed by atoms with Crippen LogP contribution in [0.4, 0.5) is 0 Å². The summed E-state index contributed by atoms with van der Waals surface area (Å²) in [5, 5.41) is 0.119. The minimum Gasteiger partial charge on any atom is -0.497 e. The summed E-state index contributed by atoms with van der Waals surface area (Å²) in [6.45, 7) is 22.0. The molecule has 250 valence electrons. The highest BCUT2D eigenvalue weighted by atomic mass is 28.4. The Morgan fingerprint density at radius 1 is 0.933 bits per heavy atom. The van der Waals surface area contributed by atoms with E-state index in [2.05, 4.69) is 40.4 Å². The van der Waals surface area contributed by atoms with E-state index in [0.717, 1.165) is 16.9 Å². The molecule has 7 nitrogen and oxygen atoms in total. The molecule has 0 bridgehead atoms. The Kier molecular flexibility index (Phi) is 15.7. The standard InChI is InChI=1S/C37H56O7Si/c1-11-16-33(44-35(38)37(6,7)23-15-24-43-45(9,10)36(3,4)5)25-34(41-27-31-19-21-32(39-8)22-20-31)29(2)42-28-40-26-30-17-13-12-14-18-30/h11-15,17-23,29,33-34H,1,16,24-28H2,2-10H3/b23-15+/t29-,33-,34-/m1/s1. The molecule has 2 rings (SSSR count). The fourth-order valence-corrected chi connectivity index (χ4v) is 5.09. The topological polar surface area (TPSA) is 72.5 Å². The monoisotopic (exact) mass is 640 g/mol. The van der Waals surface area contributed by atoms with Gasteiger partial charge in [-0.2, -0.15) is 0 Å². The number of hydrogen-bond acceptors (Lipinski definition) is 7. The van der Waals surface area contributed by atoms with Crippen LogP contribution in [0.1, 0.15) is 65.5 Å². The van der Waals surface area contributed by atoms with Crippen LogP contribution in [-0.4, -0.2) is 53.1 Å². The third kappa shape index (κ3) is 13.6. The van der Waals surface area contributed by atoms with Gasteiger partial charge in [-0.3, -0.25) is 4.79 Å². The molecule has 0 saturated carbocycles. The largest absolute Gasteiger partial charge is 0.497 e. The molecule has 0 aromatic heterocycles. The maximum atomic E-state index is 13.4. The van der Waals surface area contributed by atoms with Gasteiger partial charge in [0.2, 0.25) is 0 Å². The summed E-state index contributed by atoms with van der Waals surface area (Å²) in [5.74, 6) is 0.468. The Morgan fingerprint density at radius 2 is 1.58 bits per heavy atom. The summed E-state index contributed by atoms with van der Waals surface area (Å²) >= 11 is 0. The fraction of sp³-hybridized carbons (Fsp3) is 0.541. The second-order valence-corrected chi connectivity index (χ2v) is 18.3. The first-order chi connectivity index (χ1) is 21.2. The number of rotatable bonds is 20. The smallest absolute Gasteiger partial charge is 0.315 e. The lowest BCUT2D eigenvalue weighted by Gasteiger charge is -2.35. The van der Waals surface area contributed by atoms with Gasteiger partial charge in [0.15, 0.2) is 8.32 Å². The van der Waals surface area contributed by atoms with Crippen LogP contribution in [0.2, 0.25) is 18.1 Å². The molecule has 0 aliphatic rings. The molecule has 2 aromatic rings. The van der Waals surface area contributed by atoms with Gasteiger partial charge in [0.1, 0.15) is 18.6 Å². The number of hydrogen-bond donors (Lipinski definition) is 0. The molecule has 8 heteroatoms. The third-order valence-corrected chi connectivity index (χ3v) is 12.8. The van der Waals surface area contributed by atoms with Crippen LogP contribution in [-0.2, 0) is 41.4 Å². The molecular formula is C37H56O7Si. The Labute approximate surface area is 273 Å². The second kappa shape index (κ2) is 18.4. The van der Waals surface area contributed by atoms with Gasteiger partial charge in [-0.25, -0.2) is 0 Å². The zero-order chi connectivity index (χ0) is 33.5. The van der Waals surface area contributed by atoms with E-state index in [0.29, 0.717) is 32.7 Å². The van der Waals surface area contributed by atoms with Crippen LogP contribution in [0, 0.1) is 5.41 Å². The van der Waals surface area contributed by atoms with Crippen LogP contribution >= 0.6 is 0 Å². The highest BCUT2D eigenvalue weighted by Gasteiger charge is 2.37.